The molecule has 0 saturated carbocycles. The highest BCUT2D eigenvalue weighted by atomic mass is 35.5. The standard InChI is InChI=1S/C10H12ClN5O/c1-3-16-5-7(11)4-8(16)9(17)13-10-12-6(2)14-15-10/h4-5H,3H2,1-2H3,(H2,12,13,14,15,17). The minimum Gasteiger partial charge on any atom is -0.342 e. The fourth-order valence-corrected chi connectivity index (χ4v) is 1.71. The summed E-state index contributed by atoms with van der Waals surface area (Å²) in [5.74, 6) is 0.620. The summed E-state index contributed by atoms with van der Waals surface area (Å²) in [4.78, 5) is 15.9. The van der Waals surface area contributed by atoms with Gasteiger partial charge in [-0.05, 0) is 19.9 Å². The van der Waals surface area contributed by atoms with Crippen LogP contribution in [0.1, 0.15) is 23.2 Å². The Morgan fingerprint density at radius 1 is 1.65 bits per heavy atom. The molecule has 2 heterocycles. The number of rotatable bonds is 3. The number of hydrogen-bond acceptors (Lipinski definition) is 3. The maximum atomic E-state index is 11.9. The molecule has 90 valence electrons. The van der Waals surface area contributed by atoms with E-state index in [9.17, 15) is 4.79 Å². The molecule has 0 aliphatic heterocycles. The summed E-state index contributed by atoms with van der Waals surface area (Å²) in [6, 6.07) is 1.61. The van der Waals surface area contributed by atoms with E-state index in [1.54, 1.807) is 23.8 Å². The number of hydrogen-bond donors (Lipinski definition) is 2. The molecule has 2 rings (SSSR count). The lowest BCUT2D eigenvalue weighted by atomic mass is 10.4. The van der Waals surface area contributed by atoms with Gasteiger partial charge in [0.1, 0.15) is 11.5 Å². The summed E-state index contributed by atoms with van der Waals surface area (Å²) in [5, 5.41) is 9.61. The highest BCUT2D eigenvalue weighted by Gasteiger charge is 2.14. The van der Waals surface area contributed by atoms with Crippen molar-refractivity contribution in [3.63, 3.8) is 0 Å². The van der Waals surface area contributed by atoms with Crippen LogP contribution in [0, 0.1) is 6.92 Å². The van der Waals surface area contributed by atoms with Gasteiger partial charge in [-0.3, -0.25) is 15.2 Å². The van der Waals surface area contributed by atoms with Gasteiger partial charge in [-0.1, -0.05) is 11.6 Å². The van der Waals surface area contributed by atoms with E-state index in [0.29, 0.717) is 23.1 Å². The predicted octanol–water partition coefficient (Wildman–Crippen LogP) is 1.84. The second-order valence-corrected chi connectivity index (χ2v) is 3.96. The lowest BCUT2D eigenvalue weighted by Crippen LogP contribution is -2.17. The Morgan fingerprint density at radius 3 is 3.00 bits per heavy atom. The number of halogens is 1. The first kappa shape index (κ1) is 11.7. The van der Waals surface area contributed by atoms with Gasteiger partial charge in [0.2, 0.25) is 5.95 Å². The Morgan fingerprint density at radius 2 is 2.41 bits per heavy atom. The normalized spacial score (nSPS) is 10.5. The van der Waals surface area contributed by atoms with Crippen molar-refractivity contribution in [1.29, 1.82) is 0 Å². The molecule has 0 spiro atoms. The Kier molecular flexibility index (Phi) is 3.14. The highest BCUT2D eigenvalue weighted by molar-refractivity contribution is 6.31. The Labute approximate surface area is 103 Å². The number of nitrogens with one attached hydrogen (secondary N) is 2. The number of aromatic nitrogens is 4. The zero-order chi connectivity index (χ0) is 12.4. The number of carbonyl (C=O) groups excluding carboxylic acids is 1. The first-order valence-corrected chi connectivity index (χ1v) is 5.54. The van der Waals surface area contributed by atoms with Gasteiger partial charge in [0.15, 0.2) is 0 Å². The minimum atomic E-state index is -0.280. The van der Waals surface area contributed by atoms with Crippen molar-refractivity contribution in [3.8, 4) is 0 Å². The van der Waals surface area contributed by atoms with Crippen LogP contribution in [0.15, 0.2) is 12.3 Å². The van der Waals surface area contributed by atoms with Crippen LogP contribution in [-0.2, 0) is 6.54 Å². The molecule has 2 aromatic rings. The molecule has 2 N–H and O–H groups in total. The molecule has 0 atom stereocenters. The lowest BCUT2D eigenvalue weighted by Gasteiger charge is -2.04. The zero-order valence-electron chi connectivity index (χ0n) is 9.49. The number of aryl methyl sites for hydroxylation is 2. The van der Waals surface area contributed by atoms with Crippen LogP contribution < -0.4 is 5.32 Å². The van der Waals surface area contributed by atoms with E-state index < -0.39 is 0 Å². The van der Waals surface area contributed by atoms with Crippen LogP contribution in [0.25, 0.3) is 0 Å². The van der Waals surface area contributed by atoms with Crippen LogP contribution in [0.3, 0.4) is 0 Å². The maximum absolute atomic E-state index is 11.9. The van der Waals surface area contributed by atoms with Gasteiger partial charge in [-0.15, -0.1) is 5.10 Å². The van der Waals surface area contributed by atoms with Crippen molar-refractivity contribution < 1.29 is 4.79 Å². The van der Waals surface area contributed by atoms with E-state index in [1.807, 2.05) is 6.92 Å². The second kappa shape index (κ2) is 4.58. The number of H-pyrrole nitrogens is 1. The SMILES string of the molecule is CCn1cc(Cl)cc1C(=O)Nc1n[nH]c(C)n1. The monoisotopic (exact) mass is 253 g/mol. The van der Waals surface area contributed by atoms with Crippen molar-refractivity contribution in [2.45, 2.75) is 20.4 Å². The summed E-state index contributed by atoms with van der Waals surface area (Å²) < 4.78 is 1.76. The van der Waals surface area contributed by atoms with E-state index >= 15 is 0 Å². The van der Waals surface area contributed by atoms with Gasteiger partial charge in [0.05, 0.1) is 5.02 Å². The first-order chi connectivity index (χ1) is 8.10. The summed E-state index contributed by atoms with van der Waals surface area (Å²) in [5.41, 5.74) is 0.486. The quantitative estimate of drug-likeness (QED) is 0.876. The molecular formula is C10H12ClN5O. The van der Waals surface area contributed by atoms with Crippen LogP contribution in [0.2, 0.25) is 5.02 Å². The Hall–Kier alpha value is -1.82. The molecule has 1 amide bonds. The van der Waals surface area contributed by atoms with Crippen LogP contribution in [-0.4, -0.2) is 25.7 Å². The molecule has 6 nitrogen and oxygen atoms in total. The van der Waals surface area contributed by atoms with Crippen molar-refractivity contribution in [2.75, 3.05) is 5.32 Å². The Balaban J connectivity index is 2.19. The number of amides is 1. The summed E-state index contributed by atoms with van der Waals surface area (Å²) in [6.45, 7) is 4.36. The number of anilines is 1. The van der Waals surface area contributed by atoms with Crippen molar-refractivity contribution in [2.24, 2.45) is 0 Å². The third-order valence-electron chi connectivity index (χ3n) is 2.26. The van der Waals surface area contributed by atoms with E-state index in [2.05, 4.69) is 20.5 Å². The van der Waals surface area contributed by atoms with Gasteiger partial charge in [0.25, 0.3) is 5.91 Å². The van der Waals surface area contributed by atoms with Gasteiger partial charge >= 0.3 is 0 Å². The summed E-state index contributed by atoms with van der Waals surface area (Å²) in [6.07, 6.45) is 1.71. The largest absolute Gasteiger partial charge is 0.342 e. The van der Waals surface area contributed by atoms with E-state index in [-0.39, 0.29) is 11.9 Å². The van der Waals surface area contributed by atoms with Crippen LogP contribution in [0.4, 0.5) is 5.95 Å². The van der Waals surface area contributed by atoms with Gasteiger partial charge in [-0.2, -0.15) is 4.98 Å². The van der Waals surface area contributed by atoms with E-state index in [1.165, 1.54) is 0 Å². The Bertz CT molecular complexity index is 545. The van der Waals surface area contributed by atoms with Crippen molar-refractivity contribution in [1.82, 2.24) is 19.7 Å². The summed E-state index contributed by atoms with van der Waals surface area (Å²) >= 11 is 5.86. The maximum Gasteiger partial charge on any atom is 0.274 e. The van der Waals surface area contributed by atoms with Crippen LogP contribution >= 0.6 is 11.6 Å². The second-order valence-electron chi connectivity index (χ2n) is 3.53. The molecule has 0 radical (unpaired) electrons. The molecule has 0 aliphatic rings. The van der Waals surface area contributed by atoms with Crippen molar-refractivity contribution in [3.05, 3.63) is 28.8 Å². The molecule has 0 aromatic carbocycles. The van der Waals surface area contributed by atoms with Gasteiger partial charge in [0, 0.05) is 12.7 Å². The number of nitrogens with zero attached hydrogens (tertiary/aromatic N) is 3. The fraction of sp³-hybridized carbons (Fsp3) is 0.300. The lowest BCUT2D eigenvalue weighted by molar-refractivity contribution is 0.101. The average Bonchev–Trinajstić information content (AvgIpc) is 2.84. The smallest absolute Gasteiger partial charge is 0.274 e. The third kappa shape index (κ3) is 2.47. The molecule has 0 unspecified atom stereocenters. The fourth-order valence-electron chi connectivity index (χ4n) is 1.49. The topological polar surface area (TPSA) is 75.6 Å². The molecular weight excluding hydrogens is 242 g/mol. The molecule has 7 heteroatoms. The van der Waals surface area contributed by atoms with Crippen LogP contribution in [0.5, 0.6) is 0 Å². The van der Waals surface area contributed by atoms with Gasteiger partial charge in [-0.25, -0.2) is 0 Å². The molecule has 17 heavy (non-hydrogen) atoms. The van der Waals surface area contributed by atoms with E-state index in [0.717, 1.165) is 0 Å². The summed E-state index contributed by atoms with van der Waals surface area (Å²) in [7, 11) is 0. The van der Waals surface area contributed by atoms with Gasteiger partial charge < -0.3 is 4.57 Å². The number of aromatic amines is 1. The average molecular weight is 254 g/mol. The van der Waals surface area contributed by atoms with E-state index in [4.69, 9.17) is 11.6 Å². The molecule has 2 aromatic heterocycles. The highest BCUT2D eigenvalue weighted by Crippen LogP contribution is 2.15. The first-order valence-electron chi connectivity index (χ1n) is 5.16. The molecule has 0 aliphatic carbocycles. The predicted molar refractivity (Wildman–Crippen MR) is 64.2 cm³/mol. The number of carbonyl (C=O) groups is 1. The zero-order valence-corrected chi connectivity index (χ0v) is 10.2. The third-order valence-corrected chi connectivity index (χ3v) is 2.47. The minimum absolute atomic E-state index is 0.257. The molecule has 0 saturated heterocycles. The van der Waals surface area contributed by atoms with Crippen molar-refractivity contribution >= 4 is 23.5 Å². The molecule has 0 fully saturated rings. The molecule has 0 bridgehead atoms.